The Morgan fingerprint density at radius 1 is 1.29 bits per heavy atom. The fraction of sp³-hybridized carbons (Fsp3) is 0.778. The summed E-state index contributed by atoms with van der Waals surface area (Å²) in [7, 11) is 4.08. The van der Waals surface area contributed by atoms with Gasteiger partial charge in [-0.3, -0.25) is 4.99 Å². The second-order valence-electron chi connectivity index (χ2n) is 6.52. The molecule has 1 aromatic rings. The van der Waals surface area contributed by atoms with Gasteiger partial charge in [-0.1, -0.05) is 26.2 Å². The molecular formula is C18H33N5S. The van der Waals surface area contributed by atoms with Crippen LogP contribution in [0.2, 0.25) is 0 Å². The van der Waals surface area contributed by atoms with E-state index in [0.717, 1.165) is 44.5 Å². The molecule has 1 saturated carbocycles. The lowest BCUT2D eigenvalue weighted by Crippen LogP contribution is -2.43. The topological polar surface area (TPSA) is 52.6 Å². The zero-order valence-corrected chi connectivity index (χ0v) is 16.3. The van der Waals surface area contributed by atoms with Crippen molar-refractivity contribution in [2.24, 2.45) is 4.99 Å². The van der Waals surface area contributed by atoms with Crippen molar-refractivity contribution in [2.45, 2.75) is 57.9 Å². The lowest BCUT2D eigenvalue weighted by atomic mass is 9.94. The number of aryl methyl sites for hydroxylation is 1. The van der Waals surface area contributed by atoms with E-state index in [-0.39, 0.29) is 0 Å². The molecule has 0 aromatic carbocycles. The van der Waals surface area contributed by atoms with Crippen LogP contribution in [0.25, 0.3) is 0 Å². The summed E-state index contributed by atoms with van der Waals surface area (Å²) in [6.45, 7) is 5.04. The molecule has 0 unspecified atom stereocenters. The number of aromatic nitrogens is 1. The summed E-state index contributed by atoms with van der Waals surface area (Å²) in [5, 5.41) is 8.01. The van der Waals surface area contributed by atoms with Crippen molar-refractivity contribution < 1.29 is 0 Å². The monoisotopic (exact) mass is 351 g/mol. The number of aliphatic imine (C=N–C) groups is 1. The Morgan fingerprint density at radius 2 is 2.04 bits per heavy atom. The number of hydrogen-bond donors (Lipinski definition) is 2. The predicted molar refractivity (Wildman–Crippen MR) is 104 cm³/mol. The lowest BCUT2D eigenvalue weighted by molar-refractivity contribution is 0.194. The maximum absolute atomic E-state index is 4.46. The molecule has 0 aliphatic heterocycles. The summed E-state index contributed by atoms with van der Waals surface area (Å²) < 4.78 is 0. The highest BCUT2D eigenvalue weighted by Gasteiger charge is 2.17. The van der Waals surface area contributed by atoms with Crippen LogP contribution in [0, 0.1) is 0 Å². The Kier molecular flexibility index (Phi) is 8.53. The molecule has 0 saturated heterocycles. The normalized spacial score (nSPS) is 16.6. The summed E-state index contributed by atoms with van der Waals surface area (Å²) in [5.74, 6) is 0.888. The number of likely N-dealkylation sites (N-methyl/N-ethyl adjacent to an activating group) is 1. The third-order valence-corrected chi connectivity index (χ3v) is 5.96. The maximum atomic E-state index is 4.46. The van der Waals surface area contributed by atoms with Crippen molar-refractivity contribution in [3.05, 3.63) is 16.1 Å². The number of hydrogen-bond acceptors (Lipinski definition) is 4. The van der Waals surface area contributed by atoms with Crippen LogP contribution in [0.1, 0.15) is 48.9 Å². The molecule has 1 heterocycles. The van der Waals surface area contributed by atoms with Gasteiger partial charge in [-0.15, -0.1) is 11.3 Å². The van der Waals surface area contributed by atoms with E-state index < -0.39 is 0 Å². The molecule has 6 heteroatoms. The van der Waals surface area contributed by atoms with Gasteiger partial charge >= 0.3 is 0 Å². The number of nitrogens with zero attached hydrogens (tertiary/aromatic N) is 3. The molecule has 1 aliphatic rings. The molecule has 0 bridgehead atoms. The quantitative estimate of drug-likeness (QED) is 0.558. The van der Waals surface area contributed by atoms with Crippen molar-refractivity contribution >= 4 is 17.3 Å². The Hall–Kier alpha value is -1.14. The van der Waals surface area contributed by atoms with E-state index in [9.17, 15) is 0 Å². The van der Waals surface area contributed by atoms with Crippen molar-refractivity contribution in [2.75, 3.05) is 33.7 Å². The Labute approximate surface area is 151 Å². The van der Waals surface area contributed by atoms with Gasteiger partial charge in [-0.25, -0.2) is 4.98 Å². The third-order valence-electron chi connectivity index (χ3n) is 4.76. The predicted octanol–water partition coefficient (Wildman–Crippen LogP) is 2.68. The lowest BCUT2D eigenvalue weighted by Gasteiger charge is -2.31. The summed E-state index contributed by atoms with van der Waals surface area (Å²) in [5.41, 5.74) is 0. The molecule has 1 aliphatic carbocycles. The molecule has 136 valence electrons. The minimum absolute atomic E-state index is 0.771. The van der Waals surface area contributed by atoms with Crippen molar-refractivity contribution in [1.29, 1.82) is 0 Å². The van der Waals surface area contributed by atoms with Gasteiger partial charge in [-0.05, 0) is 26.3 Å². The molecule has 5 nitrogen and oxygen atoms in total. The first-order valence-corrected chi connectivity index (χ1v) is 10.1. The van der Waals surface area contributed by atoms with Gasteiger partial charge in [0, 0.05) is 50.2 Å². The van der Waals surface area contributed by atoms with E-state index in [2.05, 4.69) is 39.5 Å². The summed E-state index contributed by atoms with van der Waals surface area (Å²) in [6, 6.07) is 0.771. The van der Waals surface area contributed by atoms with Crippen LogP contribution < -0.4 is 10.6 Å². The highest BCUT2D eigenvalue weighted by molar-refractivity contribution is 7.11. The second kappa shape index (κ2) is 10.7. The molecule has 0 atom stereocenters. The second-order valence-corrected chi connectivity index (χ2v) is 7.72. The SMILES string of the molecule is CCc1cnc(CCNC(=NC)NCCN(C)C2CCCCC2)s1. The molecule has 0 amide bonds. The van der Waals surface area contributed by atoms with Gasteiger partial charge < -0.3 is 15.5 Å². The molecule has 2 rings (SSSR count). The first-order valence-electron chi connectivity index (χ1n) is 9.31. The molecule has 1 fully saturated rings. The first-order chi connectivity index (χ1) is 11.7. The fourth-order valence-corrected chi connectivity index (χ4v) is 4.05. The number of nitrogens with one attached hydrogen (secondary N) is 2. The largest absolute Gasteiger partial charge is 0.356 e. The molecule has 0 spiro atoms. The number of thiazole rings is 1. The van der Waals surface area contributed by atoms with Gasteiger partial charge in [0.05, 0.1) is 5.01 Å². The molecule has 1 aromatic heterocycles. The van der Waals surface area contributed by atoms with E-state index in [1.54, 1.807) is 0 Å². The van der Waals surface area contributed by atoms with Crippen LogP contribution in [0.4, 0.5) is 0 Å². The van der Waals surface area contributed by atoms with Crippen molar-refractivity contribution in [3.8, 4) is 0 Å². The van der Waals surface area contributed by atoms with Crippen molar-refractivity contribution in [3.63, 3.8) is 0 Å². The third kappa shape index (κ3) is 6.40. The number of rotatable bonds is 8. The summed E-state index contributed by atoms with van der Waals surface area (Å²) in [4.78, 5) is 12.6. The van der Waals surface area contributed by atoms with Gasteiger partial charge in [0.2, 0.25) is 0 Å². The van der Waals surface area contributed by atoms with Gasteiger partial charge in [0.15, 0.2) is 5.96 Å². The van der Waals surface area contributed by atoms with Crippen LogP contribution in [0.15, 0.2) is 11.2 Å². The zero-order chi connectivity index (χ0) is 17.2. The minimum atomic E-state index is 0.771. The molecule has 2 N–H and O–H groups in total. The van der Waals surface area contributed by atoms with Crippen LogP contribution in [-0.2, 0) is 12.8 Å². The van der Waals surface area contributed by atoms with Crippen LogP contribution in [0.3, 0.4) is 0 Å². The van der Waals surface area contributed by atoms with Crippen LogP contribution in [-0.4, -0.2) is 55.6 Å². The number of guanidine groups is 1. The molecular weight excluding hydrogens is 318 g/mol. The Morgan fingerprint density at radius 3 is 2.71 bits per heavy atom. The van der Waals surface area contributed by atoms with Crippen molar-refractivity contribution in [1.82, 2.24) is 20.5 Å². The summed E-state index contributed by atoms with van der Waals surface area (Å²) >= 11 is 1.81. The first kappa shape index (κ1) is 19.2. The van der Waals surface area contributed by atoms with Gasteiger partial charge in [-0.2, -0.15) is 0 Å². The van der Waals surface area contributed by atoms with E-state index >= 15 is 0 Å². The van der Waals surface area contributed by atoms with E-state index in [0.29, 0.717) is 0 Å². The van der Waals surface area contributed by atoms with E-state index in [4.69, 9.17) is 0 Å². The average Bonchev–Trinajstić information content (AvgIpc) is 3.09. The zero-order valence-electron chi connectivity index (χ0n) is 15.5. The standard InChI is InChI=1S/C18H33N5S/c1-4-16-14-22-17(24-16)10-11-20-18(19-2)21-12-13-23(3)15-8-6-5-7-9-15/h14-15H,4-13H2,1-3H3,(H2,19,20,21). The molecule has 0 radical (unpaired) electrons. The highest BCUT2D eigenvalue weighted by atomic mass is 32.1. The highest BCUT2D eigenvalue weighted by Crippen LogP contribution is 2.21. The van der Waals surface area contributed by atoms with Crippen LogP contribution >= 0.6 is 11.3 Å². The smallest absolute Gasteiger partial charge is 0.191 e. The van der Waals surface area contributed by atoms with Gasteiger partial charge in [0.1, 0.15) is 0 Å². The Balaban J connectivity index is 1.61. The minimum Gasteiger partial charge on any atom is -0.356 e. The van der Waals surface area contributed by atoms with E-state index in [1.807, 2.05) is 24.6 Å². The average molecular weight is 352 g/mol. The van der Waals surface area contributed by atoms with E-state index in [1.165, 1.54) is 42.0 Å². The Bertz CT molecular complexity index is 493. The van der Waals surface area contributed by atoms with Gasteiger partial charge in [0.25, 0.3) is 0 Å². The van der Waals surface area contributed by atoms with Crippen LogP contribution in [0.5, 0.6) is 0 Å². The fourth-order valence-electron chi connectivity index (χ4n) is 3.19. The summed E-state index contributed by atoms with van der Waals surface area (Å²) in [6.07, 6.45) is 10.9. The molecule has 24 heavy (non-hydrogen) atoms. The maximum Gasteiger partial charge on any atom is 0.191 e.